The van der Waals surface area contributed by atoms with E-state index >= 15 is 0 Å². The number of rotatable bonds is 2. The molecule has 5 nitrogen and oxygen atoms in total. The highest BCUT2D eigenvalue weighted by molar-refractivity contribution is 5.86. The summed E-state index contributed by atoms with van der Waals surface area (Å²) in [5.41, 5.74) is -0.507. The van der Waals surface area contributed by atoms with Crippen molar-refractivity contribution in [3.63, 3.8) is 0 Å². The van der Waals surface area contributed by atoms with Gasteiger partial charge < -0.3 is 14.4 Å². The molecule has 0 spiro atoms. The van der Waals surface area contributed by atoms with E-state index in [9.17, 15) is 9.59 Å². The van der Waals surface area contributed by atoms with Gasteiger partial charge in [0.15, 0.2) is 0 Å². The van der Waals surface area contributed by atoms with E-state index < -0.39 is 11.6 Å². The largest absolute Gasteiger partial charge is 0.458 e. The van der Waals surface area contributed by atoms with Gasteiger partial charge >= 0.3 is 5.97 Å². The van der Waals surface area contributed by atoms with Crippen molar-refractivity contribution in [2.45, 2.75) is 58.1 Å². The Bertz CT molecular complexity index is 369. The lowest BCUT2D eigenvalue weighted by Crippen LogP contribution is -2.46. The van der Waals surface area contributed by atoms with Gasteiger partial charge in [-0.2, -0.15) is 0 Å². The number of esters is 1. The van der Waals surface area contributed by atoms with Crippen LogP contribution < -0.4 is 0 Å². The van der Waals surface area contributed by atoms with Crippen LogP contribution in [-0.4, -0.2) is 48.2 Å². The highest BCUT2D eigenvalue weighted by Gasteiger charge is 2.39. The zero-order valence-corrected chi connectivity index (χ0v) is 12.7. The number of amides is 1. The molecule has 2 aliphatic rings. The smallest absolute Gasteiger partial charge is 0.329 e. The maximum atomic E-state index is 12.5. The van der Waals surface area contributed by atoms with Gasteiger partial charge in [0.25, 0.3) is 0 Å². The first-order chi connectivity index (χ1) is 9.38. The van der Waals surface area contributed by atoms with Gasteiger partial charge in [-0.15, -0.1) is 0 Å². The molecule has 0 aromatic carbocycles. The highest BCUT2D eigenvalue weighted by atomic mass is 16.6. The molecule has 2 aliphatic heterocycles. The van der Waals surface area contributed by atoms with Crippen LogP contribution in [-0.2, 0) is 19.1 Å². The normalized spacial score (nSPS) is 24.8. The molecule has 2 saturated heterocycles. The van der Waals surface area contributed by atoms with E-state index in [1.165, 1.54) is 0 Å². The van der Waals surface area contributed by atoms with Crippen molar-refractivity contribution >= 4 is 11.9 Å². The molecule has 0 aromatic rings. The van der Waals surface area contributed by atoms with Gasteiger partial charge in [-0.05, 0) is 46.5 Å². The summed E-state index contributed by atoms with van der Waals surface area (Å²) in [5, 5.41) is 0. The van der Waals surface area contributed by atoms with Crippen LogP contribution in [0.15, 0.2) is 0 Å². The number of carbonyl (C=O) groups is 2. The molecule has 0 N–H and O–H groups in total. The van der Waals surface area contributed by atoms with E-state index in [2.05, 4.69) is 0 Å². The zero-order valence-electron chi connectivity index (χ0n) is 12.7. The first kappa shape index (κ1) is 15.3. The number of ether oxygens (including phenoxy) is 2. The van der Waals surface area contributed by atoms with Gasteiger partial charge in [0, 0.05) is 25.7 Å². The minimum atomic E-state index is -0.507. The second kappa shape index (κ2) is 6.12. The van der Waals surface area contributed by atoms with Gasteiger partial charge in [-0.25, -0.2) is 4.79 Å². The summed E-state index contributed by atoms with van der Waals surface area (Å²) in [7, 11) is 0. The van der Waals surface area contributed by atoms with Crippen LogP contribution in [0.3, 0.4) is 0 Å². The number of hydrogen-bond acceptors (Lipinski definition) is 4. The third-order valence-corrected chi connectivity index (χ3v) is 3.79. The van der Waals surface area contributed by atoms with E-state index in [0.29, 0.717) is 26.2 Å². The molecule has 2 rings (SSSR count). The van der Waals surface area contributed by atoms with Crippen LogP contribution >= 0.6 is 0 Å². The fraction of sp³-hybridized carbons (Fsp3) is 0.867. The third-order valence-electron chi connectivity index (χ3n) is 3.79. The maximum absolute atomic E-state index is 12.5. The minimum Gasteiger partial charge on any atom is -0.458 e. The van der Waals surface area contributed by atoms with Crippen LogP contribution in [0, 0.1) is 5.92 Å². The Kier molecular flexibility index (Phi) is 4.68. The van der Waals surface area contributed by atoms with Crippen LogP contribution in [0.1, 0.15) is 46.5 Å². The summed E-state index contributed by atoms with van der Waals surface area (Å²) in [5.74, 6) is -0.163. The van der Waals surface area contributed by atoms with Gasteiger partial charge in [0.1, 0.15) is 11.6 Å². The monoisotopic (exact) mass is 283 g/mol. The van der Waals surface area contributed by atoms with E-state index in [0.717, 1.165) is 19.3 Å². The molecule has 2 fully saturated rings. The molecule has 1 atom stereocenters. The summed E-state index contributed by atoms with van der Waals surface area (Å²) in [4.78, 5) is 26.5. The van der Waals surface area contributed by atoms with Crippen molar-refractivity contribution in [2.24, 2.45) is 5.92 Å². The van der Waals surface area contributed by atoms with Crippen molar-refractivity contribution in [3.8, 4) is 0 Å². The van der Waals surface area contributed by atoms with Gasteiger partial charge in [0.05, 0.1) is 0 Å². The molecule has 0 aliphatic carbocycles. The average Bonchev–Trinajstić information content (AvgIpc) is 2.86. The van der Waals surface area contributed by atoms with Crippen LogP contribution in [0.25, 0.3) is 0 Å². The van der Waals surface area contributed by atoms with E-state index in [4.69, 9.17) is 9.47 Å². The summed E-state index contributed by atoms with van der Waals surface area (Å²) >= 11 is 0. The minimum absolute atomic E-state index is 0.00628. The summed E-state index contributed by atoms with van der Waals surface area (Å²) < 4.78 is 10.7. The topological polar surface area (TPSA) is 55.8 Å². The Morgan fingerprint density at radius 3 is 2.40 bits per heavy atom. The Morgan fingerprint density at radius 2 is 1.80 bits per heavy atom. The molecule has 0 saturated carbocycles. The second-order valence-corrected chi connectivity index (χ2v) is 6.61. The number of hydrogen-bond donors (Lipinski definition) is 0. The van der Waals surface area contributed by atoms with E-state index in [-0.39, 0.29) is 17.8 Å². The van der Waals surface area contributed by atoms with E-state index in [1.807, 2.05) is 20.8 Å². The van der Waals surface area contributed by atoms with Crippen molar-refractivity contribution in [2.75, 3.05) is 19.8 Å². The lowest BCUT2D eigenvalue weighted by molar-refractivity contribution is -0.164. The molecule has 0 radical (unpaired) electrons. The van der Waals surface area contributed by atoms with Crippen molar-refractivity contribution in [1.82, 2.24) is 4.90 Å². The second-order valence-electron chi connectivity index (χ2n) is 6.61. The van der Waals surface area contributed by atoms with Crippen LogP contribution in [0.4, 0.5) is 0 Å². The summed E-state index contributed by atoms with van der Waals surface area (Å²) in [6.07, 6.45) is 3.11. The number of nitrogens with zero attached hydrogens (tertiary/aromatic N) is 1. The molecule has 2 heterocycles. The van der Waals surface area contributed by atoms with Crippen molar-refractivity contribution in [1.29, 1.82) is 0 Å². The molecule has 0 unspecified atom stereocenters. The highest BCUT2D eigenvalue weighted by Crippen LogP contribution is 2.26. The van der Waals surface area contributed by atoms with Crippen LogP contribution in [0.2, 0.25) is 0 Å². The predicted octanol–water partition coefficient (Wildman–Crippen LogP) is 1.75. The maximum Gasteiger partial charge on any atom is 0.329 e. The molecule has 114 valence electrons. The lowest BCUT2D eigenvalue weighted by atomic mass is 9.98. The number of likely N-dealkylation sites (tertiary alicyclic amines) is 1. The Labute approximate surface area is 120 Å². The molecule has 1 amide bonds. The lowest BCUT2D eigenvalue weighted by Gasteiger charge is -2.31. The van der Waals surface area contributed by atoms with Gasteiger partial charge in [-0.1, -0.05) is 0 Å². The first-order valence-corrected chi connectivity index (χ1v) is 7.49. The predicted molar refractivity (Wildman–Crippen MR) is 74.1 cm³/mol. The molecule has 0 bridgehead atoms. The van der Waals surface area contributed by atoms with Crippen molar-refractivity contribution < 1.29 is 19.1 Å². The molecule has 0 aromatic heterocycles. The SMILES string of the molecule is CC(C)(C)OC(=O)[C@H]1CCCN1C(=O)C1CCOCC1. The van der Waals surface area contributed by atoms with Gasteiger partial charge in [0.2, 0.25) is 5.91 Å². The molecular formula is C15H25NO4. The Hall–Kier alpha value is -1.10. The number of carbonyl (C=O) groups excluding carboxylic acids is 2. The fourth-order valence-corrected chi connectivity index (χ4v) is 2.82. The van der Waals surface area contributed by atoms with Crippen molar-refractivity contribution in [3.05, 3.63) is 0 Å². The summed E-state index contributed by atoms with van der Waals surface area (Å²) in [6.45, 7) is 7.50. The van der Waals surface area contributed by atoms with Gasteiger partial charge in [-0.3, -0.25) is 4.79 Å². The van der Waals surface area contributed by atoms with E-state index in [1.54, 1.807) is 4.90 Å². The average molecular weight is 283 g/mol. The molecule has 5 heteroatoms. The Balaban J connectivity index is 1.99. The zero-order chi connectivity index (χ0) is 14.8. The fourth-order valence-electron chi connectivity index (χ4n) is 2.82. The third kappa shape index (κ3) is 3.72. The molecular weight excluding hydrogens is 258 g/mol. The Morgan fingerprint density at radius 1 is 1.15 bits per heavy atom. The standard InChI is InChI=1S/C15H25NO4/c1-15(2,3)20-14(18)12-5-4-8-16(12)13(17)11-6-9-19-10-7-11/h11-12H,4-10H2,1-3H3/t12-/m1/s1. The first-order valence-electron chi connectivity index (χ1n) is 7.49. The molecule has 20 heavy (non-hydrogen) atoms. The quantitative estimate of drug-likeness (QED) is 0.724. The van der Waals surface area contributed by atoms with Crippen LogP contribution in [0.5, 0.6) is 0 Å². The summed E-state index contributed by atoms with van der Waals surface area (Å²) in [6, 6.07) is -0.399.